The lowest BCUT2D eigenvalue weighted by molar-refractivity contribution is -0.126. The van der Waals surface area contributed by atoms with Crippen LogP contribution >= 0.6 is 11.8 Å². The smallest absolute Gasteiger partial charge is 0.262 e. The number of nitrogens with zero attached hydrogens (tertiary/aromatic N) is 2. The van der Waals surface area contributed by atoms with E-state index in [1.807, 2.05) is 55.5 Å². The van der Waals surface area contributed by atoms with E-state index < -0.39 is 0 Å². The maximum absolute atomic E-state index is 13.6. The van der Waals surface area contributed by atoms with Gasteiger partial charge in [0.2, 0.25) is 11.8 Å². The molecule has 224 valence electrons. The van der Waals surface area contributed by atoms with Gasteiger partial charge in [-0.3, -0.25) is 19.0 Å². The predicted molar refractivity (Wildman–Crippen MR) is 172 cm³/mol. The molecule has 0 aliphatic heterocycles. The number of hydrogen-bond donors (Lipinski definition) is 2. The number of carbonyl (C=O) groups excluding carboxylic acids is 2. The van der Waals surface area contributed by atoms with E-state index in [9.17, 15) is 14.4 Å². The molecule has 8 nitrogen and oxygen atoms in total. The van der Waals surface area contributed by atoms with Gasteiger partial charge in [0.1, 0.15) is 5.75 Å². The molecular weight excluding hydrogens is 560 g/mol. The highest BCUT2D eigenvalue weighted by Gasteiger charge is 2.27. The molecule has 1 aromatic heterocycles. The highest BCUT2D eigenvalue weighted by molar-refractivity contribution is 7.99. The van der Waals surface area contributed by atoms with Crippen LogP contribution in [0.15, 0.2) is 88.8 Å². The van der Waals surface area contributed by atoms with Gasteiger partial charge in [0, 0.05) is 24.7 Å². The molecule has 9 heteroatoms. The third kappa shape index (κ3) is 8.26. The topological polar surface area (TPSA) is 102 Å². The van der Waals surface area contributed by atoms with E-state index in [-0.39, 0.29) is 35.0 Å². The summed E-state index contributed by atoms with van der Waals surface area (Å²) in [4.78, 5) is 44.0. The molecule has 1 aliphatic carbocycles. The highest BCUT2D eigenvalue weighted by atomic mass is 32.2. The summed E-state index contributed by atoms with van der Waals surface area (Å²) >= 11 is 1.27. The van der Waals surface area contributed by atoms with E-state index in [1.54, 1.807) is 22.8 Å². The number of para-hydroxylation sites is 1. The van der Waals surface area contributed by atoms with Gasteiger partial charge in [-0.1, -0.05) is 54.2 Å². The quantitative estimate of drug-likeness (QED) is 0.160. The highest BCUT2D eigenvalue weighted by Crippen LogP contribution is 2.31. The Balaban J connectivity index is 1.19. The maximum Gasteiger partial charge on any atom is 0.262 e. The van der Waals surface area contributed by atoms with Crippen LogP contribution in [0.25, 0.3) is 10.9 Å². The minimum Gasteiger partial charge on any atom is -0.494 e. The zero-order chi connectivity index (χ0) is 30.0. The van der Waals surface area contributed by atoms with Crippen LogP contribution in [0.5, 0.6) is 5.75 Å². The number of anilines is 1. The Labute approximate surface area is 256 Å². The summed E-state index contributed by atoms with van der Waals surface area (Å²) in [5.74, 6) is 1.06. The van der Waals surface area contributed by atoms with E-state index in [0.717, 1.165) is 37.9 Å². The number of amides is 2. The predicted octanol–water partition coefficient (Wildman–Crippen LogP) is 5.69. The van der Waals surface area contributed by atoms with Crippen molar-refractivity contribution in [1.29, 1.82) is 0 Å². The van der Waals surface area contributed by atoms with Gasteiger partial charge in [0.25, 0.3) is 5.56 Å². The van der Waals surface area contributed by atoms with Crippen LogP contribution in [0.3, 0.4) is 0 Å². The molecule has 1 fully saturated rings. The zero-order valence-electron chi connectivity index (χ0n) is 24.5. The maximum atomic E-state index is 13.6. The molecule has 4 aromatic rings. The Hall–Kier alpha value is -4.11. The molecule has 0 saturated heterocycles. The molecule has 5 rings (SSSR count). The van der Waals surface area contributed by atoms with Crippen LogP contribution < -0.4 is 20.9 Å². The Bertz CT molecular complexity index is 1580. The first-order valence-corrected chi connectivity index (χ1v) is 16.0. The van der Waals surface area contributed by atoms with Crippen molar-refractivity contribution >= 4 is 40.2 Å². The molecule has 2 amide bonds. The van der Waals surface area contributed by atoms with Gasteiger partial charge in [0.05, 0.1) is 23.3 Å². The lowest BCUT2D eigenvalue weighted by atomic mass is 9.81. The van der Waals surface area contributed by atoms with Crippen LogP contribution in [0.4, 0.5) is 5.69 Å². The number of rotatable bonds is 12. The summed E-state index contributed by atoms with van der Waals surface area (Å²) in [7, 11) is 0. The van der Waals surface area contributed by atoms with Gasteiger partial charge in [-0.2, -0.15) is 0 Å². The second kappa shape index (κ2) is 14.9. The monoisotopic (exact) mass is 598 g/mol. The largest absolute Gasteiger partial charge is 0.494 e. The summed E-state index contributed by atoms with van der Waals surface area (Å²) < 4.78 is 7.19. The van der Waals surface area contributed by atoms with Crippen molar-refractivity contribution in [3.05, 3.63) is 94.8 Å². The van der Waals surface area contributed by atoms with E-state index in [2.05, 4.69) is 22.8 Å². The SMILES string of the molecule is CCOc1ccc(NC(=O)CSc2nc3ccccc3c(=O)n2CC2CCC(C(=O)NCCc3ccccc3)CC2)cc1. The lowest BCUT2D eigenvalue weighted by Gasteiger charge is -2.28. The van der Waals surface area contributed by atoms with E-state index in [1.165, 1.54) is 17.3 Å². The van der Waals surface area contributed by atoms with E-state index in [4.69, 9.17) is 9.72 Å². The van der Waals surface area contributed by atoms with Gasteiger partial charge in [-0.15, -0.1) is 0 Å². The number of hydrogen-bond acceptors (Lipinski definition) is 6. The summed E-state index contributed by atoms with van der Waals surface area (Å²) in [6.07, 6.45) is 4.13. The molecule has 1 aliphatic rings. The first-order chi connectivity index (χ1) is 21.0. The lowest BCUT2D eigenvalue weighted by Crippen LogP contribution is -2.35. The van der Waals surface area contributed by atoms with Gasteiger partial charge in [0.15, 0.2) is 5.16 Å². The molecule has 0 atom stereocenters. The fourth-order valence-electron chi connectivity index (χ4n) is 5.53. The Morgan fingerprint density at radius 2 is 1.67 bits per heavy atom. The second-order valence-electron chi connectivity index (χ2n) is 10.9. The van der Waals surface area contributed by atoms with Crippen LogP contribution in [-0.2, 0) is 22.6 Å². The minimum absolute atomic E-state index is 0.00128. The van der Waals surface area contributed by atoms with Gasteiger partial charge in [-0.05, 0) is 86.9 Å². The van der Waals surface area contributed by atoms with Crippen molar-refractivity contribution in [2.24, 2.45) is 11.8 Å². The Kier molecular flexibility index (Phi) is 10.5. The third-order valence-electron chi connectivity index (χ3n) is 7.82. The number of aromatic nitrogens is 2. The molecule has 1 heterocycles. The standard InChI is InChI=1S/C34H38N4O4S/c1-2-42-28-18-16-27(17-19-28)36-31(39)23-43-34-37-30-11-7-6-10-29(30)33(41)38(34)22-25-12-14-26(15-13-25)32(40)35-21-20-24-8-4-3-5-9-24/h3-11,16-19,25-26H,2,12-15,20-23H2,1H3,(H,35,40)(H,36,39). The van der Waals surface area contributed by atoms with E-state index in [0.29, 0.717) is 41.4 Å². The van der Waals surface area contributed by atoms with Crippen molar-refractivity contribution in [3.63, 3.8) is 0 Å². The number of nitrogens with one attached hydrogen (secondary N) is 2. The summed E-state index contributed by atoms with van der Waals surface area (Å²) in [6.45, 7) is 3.65. The van der Waals surface area contributed by atoms with Crippen LogP contribution in [0.1, 0.15) is 38.2 Å². The van der Waals surface area contributed by atoms with Gasteiger partial charge < -0.3 is 15.4 Å². The summed E-state index contributed by atoms with van der Waals surface area (Å²) in [5.41, 5.74) is 2.41. The van der Waals surface area contributed by atoms with Gasteiger partial charge >= 0.3 is 0 Å². The molecule has 0 unspecified atom stereocenters. The summed E-state index contributed by atoms with van der Waals surface area (Å²) in [5, 5.41) is 7.11. The molecule has 0 bridgehead atoms. The number of ether oxygens (including phenoxy) is 1. The normalized spacial score (nSPS) is 16.5. The second-order valence-corrected chi connectivity index (χ2v) is 11.8. The van der Waals surface area contributed by atoms with Crippen molar-refractivity contribution in [3.8, 4) is 5.75 Å². The fraction of sp³-hybridized carbons (Fsp3) is 0.353. The molecule has 43 heavy (non-hydrogen) atoms. The molecule has 0 radical (unpaired) electrons. The molecule has 1 saturated carbocycles. The molecule has 2 N–H and O–H groups in total. The Morgan fingerprint density at radius 1 is 0.953 bits per heavy atom. The number of thioether (sulfide) groups is 1. The first kappa shape index (κ1) is 30.4. The number of benzene rings is 3. The van der Waals surface area contributed by atoms with Crippen molar-refractivity contribution in [2.45, 2.75) is 50.7 Å². The Morgan fingerprint density at radius 3 is 2.42 bits per heavy atom. The fourth-order valence-corrected chi connectivity index (χ4v) is 6.34. The van der Waals surface area contributed by atoms with Crippen molar-refractivity contribution in [2.75, 3.05) is 24.2 Å². The third-order valence-corrected chi connectivity index (χ3v) is 8.80. The van der Waals surface area contributed by atoms with Crippen LogP contribution in [0, 0.1) is 11.8 Å². The van der Waals surface area contributed by atoms with Crippen molar-refractivity contribution < 1.29 is 14.3 Å². The average Bonchev–Trinajstić information content (AvgIpc) is 3.03. The zero-order valence-corrected chi connectivity index (χ0v) is 25.3. The summed E-state index contributed by atoms with van der Waals surface area (Å²) in [6, 6.07) is 24.7. The van der Waals surface area contributed by atoms with E-state index >= 15 is 0 Å². The average molecular weight is 599 g/mol. The molecular formula is C34H38N4O4S. The first-order valence-electron chi connectivity index (χ1n) is 15.0. The van der Waals surface area contributed by atoms with Crippen molar-refractivity contribution in [1.82, 2.24) is 14.9 Å². The van der Waals surface area contributed by atoms with Crippen LogP contribution in [-0.4, -0.2) is 40.3 Å². The minimum atomic E-state index is -0.179. The molecule has 0 spiro atoms. The number of fused-ring (bicyclic) bond motifs is 1. The van der Waals surface area contributed by atoms with Gasteiger partial charge in [-0.25, -0.2) is 4.98 Å². The molecule has 3 aromatic carbocycles. The van der Waals surface area contributed by atoms with Crippen LogP contribution in [0.2, 0.25) is 0 Å². The number of carbonyl (C=O) groups is 2.